The summed E-state index contributed by atoms with van der Waals surface area (Å²) in [5.74, 6) is 1.16. The van der Waals surface area contributed by atoms with Crippen LogP contribution in [0.25, 0.3) is 0 Å². The minimum Gasteiger partial charge on any atom is -0.371 e. The normalized spacial score (nSPS) is 22.8. The Morgan fingerprint density at radius 2 is 2.00 bits per heavy atom. The molecule has 0 aliphatic carbocycles. The molecule has 1 aliphatic heterocycles. The Hall–Kier alpha value is -1.02. The maximum Gasteiger partial charge on any atom is 0.0401 e. The lowest BCUT2D eigenvalue weighted by molar-refractivity contribution is 0.177. The van der Waals surface area contributed by atoms with Crippen LogP contribution >= 0.6 is 0 Å². The van der Waals surface area contributed by atoms with Gasteiger partial charge in [-0.3, -0.25) is 0 Å². The molecular weight excluding hydrogens is 232 g/mol. The predicted molar refractivity (Wildman–Crippen MR) is 83.7 cm³/mol. The summed E-state index contributed by atoms with van der Waals surface area (Å²) in [6.45, 7) is 12.3. The van der Waals surface area contributed by atoms with Gasteiger partial charge in [-0.15, -0.1) is 0 Å². The van der Waals surface area contributed by atoms with E-state index < -0.39 is 0 Å². The van der Waals surface area contributed by atoms with Crippen molar-refractivity contribution in [2.24, 2.45) is 17.1 Å². The molecular formula is C17H28N2. The van der Waals surface area contributed by atoms with Gasteiger partial charge >= 0.3 is 0 Å². The van der Waals surface area contributed by atoms with E-state index in [1.165, 1.54) is 17.7 Å². The average molecular weight is 260 g/mol. The Kier molecular flexibility index (Phi) is 4.19. The van der Waals surface area contributed by atoms with Crippen molar-refractivity contribution >= 4 is 5.69 Å². The van der Waals surface area contributed by atoms with Crippen LogP contribution in [0.15, 0.2) is 24.3 Å². The number of piperidine rings is 1. The number of nitrogens with zero attached hydrogens (tertiary/aromatic N) is 1. The second-order valence-electron chi connectivity index (χ2n) is 6.83. The molecule has 0 amide bonds. The van der Waals surface area contributed by atoms with Gasteiger partial charge in [0.25, 0.3) is 0 Å². The molecule has 2 nitrogen and oxygen atoms in total. The van der Waals surface area contributed by atoms with Crippen LogP contribution in [-0.2, 0) is 0 Å². The highest BCUT2D eigenvalue weighted by molar-refractivity contribution is 5.55. The van der Waals surface area contributed by atoms with E-state index in [1.807, 2.05) is 0 Å². The molecule has 0 spiro atoms. The van der Waals surface area contributed by atoms with Gasteiger partial charge in [-0.2, -0.15) is 0 Å². The van der Waals surface area contributed by atoms with Crippen molar-refractivity contribution in [2.75, 3.05) is 24.5 Å². The largest absolute Gasteiger partial charge is 0.371 e. The summed E-state index contributed by atoms with van der Waals surface area (Å²) in [7, 11) is 0. The molecule has 1 fully saturated rings. The van der Waals surface area contributed by atoms with E-state index in [4.69, 9.17) is 5.73 Å². The van der Waals surface area contributed by atoms with E-state index in [2.05, 4.69) is 56.9 Å². The van der Waals surface area contributed by atoms with Crippen molar-refractivity contribution in [1.82, 2.24) is 0 Å². The molecule has 19 heavy (non-hydrogen) atoms. The van der Waals surface area contributed by atoms with Crippen LogP contribution in [0.4, 0.5) is 5.69 Å². The third-order valence-corrected chi connectivity index (χ3v) is 4.76. The van der Waals surface area contributed by atoms with Gasteiger partial charge in [0.1, 0.15) is 0 Å². The molecule has 2 N–H and O–H groups in total. The summed E-state index contributed by atoms with van der Waals surface area (Å²) in [5.41, 5.74) is 9.23. The molecule has 0 saturated carbocycles. The van der Waals surface area contributed by atoms with Gasteiger partial charge in [0.05, 0.1) is 0 Å². The average Bonchev–Trinajstić information content (AvgIpc) is 2.38. The Morgan fingerprint density at radius 3 is 2.63 bits per heavy atom. The molecule has 1 unspecified atom stereocenters. The lowest BCUT2D eigenvalue weighted by atomic mass is 9.73. The quantitative estimate of drug-likeness (QED) is 0.899. The first kappa shape index (κ1) is 14.4. The van der Waals surface area contributed by atoms with Crippen molar-refractivity contribution in [3.63, 3.8) is 0 Å². The fraction of sp³-hybridized carbons (Fsp3) is 0.647. The zero-order valence-electron chi connectivity index (χ0n) is 12.8. The lowest BCUT2D eigenvalue weighted by Gasteiger charge is -2.45. The lowest BCUT2D eigenvalue weighted by Crippen LogP contribution is -2.48. The summed E-state index contributed by atoms with van der Waals surface area (Å²) in [5, 5.41) is 0. The molecule has 1 atom stereocenters. The van der Waals surface area contributed by atoms with Crippen molar-refractivity contribution in [3.8, 4) is 0 Å². The van der Waals surface area contributed by atoms with Crippen molar-refractivity contribution in [1.29, 1.82) is 0 Å². The fourth-order valence-corrected chi connectivity index (χ4v) is 3.11. The SMILES string of the molecule is CC(C)c1ccccc1N1CCC(C)(C)C(CN)C1. The smallest absolute Gasteiger partial charge is 0.0401 e. The van der Waals surface area contributed by atoms with E-state index in [0.29, 0.717) is 17.3 Å². The van der Waals surface area contributed by atoms with Gasteiger partial charge in [0.2, 0.25) is 0 Å². The molecule has 0 radical (unpaired) electrons. The number of rotatable bonds is 3. The summed E-state index contributed by atoms with van der Waals surface area (Å²) >= 11 is 0. The highest BCUT2D eigenvalue weighted by Crippen LogP contribution is 2.38. The molecule has 1 aliphatic rings. The van der Waals surface area contributed by atoms with Crippen molar-refractivity contribution in [2.45, 2.75) is 40.0 Å². The van der Waals surface area contributed by atoms with Crippen LogP contribution < -0.4 is 10.6 Å². The molecule has 0 aromatic heterocycles. The second kappa shape index (κ2) is 5.54. The molecule has 1 saturated heterocycles. The highest BCUT2D eigenvalue weighted by Gasteiger charge is 2.35. The number of para-hydroxylation sites is 1. The topological polar surface area (TPSA) is 29.3 Å². The van der Waals surface area contributed by atoms with Crippen molar-refractivity contribution < 1.29 is 0 Å². The summed E-state index contributed by atoms with van der Waals surface area (Å²) < 4.78 is 0. The van der Waals surface area contributed by atoms with Crippen LogP contribution in [-0.4, -0.2) is 19.6 Å². The number of benzene rings is 1. The molecule has 1 heterocycles. The minimum absolute atomic E-state index is 0.373. The Morgan fingerprint density at radius 1 is 1.32 bits per heavy atom. The Balaban J connectivity index is 2.24. The molecule has 1 aromatic carbocycles. The van der Waals surface area contributed by atoms with Crippen LogP contribution in [0.3, 0.4) is 0 Å². The number of hydrogen-bond donors (Lipinski definition) is 1. The zero-order chi connectivity index (χ0) is 14.0. The second-order valence-corrected chi connectivity index (χ2v) is 6.83. The highest BCUT2D eigenvalue weighted by atomic mass is 15.1. The summed E-state index contributed by atoms with van der Waals surface area (Å²) in [6, 6.07) is 8.82. The van der Waals surface area contributed by atoms with Crippen molar-refractivity contribution in [3.05, 3.63) is 29.8 Å². The van der Waals surface area contributed by atoms with E-state index in [1.54, 1.807) is 0 Å². The number of hydrogen-bond acceptors (Lipinski definition) is 2. The maximum atomic E-state index is 5.99. The first-order chi connectivity index (χ1) is 8.95. The van der Waals surface area contributed by atoms with Gasteiger partial charge in [0.15, 0.2) is 0 Å². The fourth-order valence-electron chi connectivity index (χ4n) is 3.11. The van der Waals surface area contributed by atoms with Gasteiger partial charge in [0, 0.05) is 18.8 Å². The molecule has 2 rings (SSSR count). The third-order valence-electron chi connectivity index (χ3n) is 4.76. The summed E-state index contributed by atoms with van der Waals surface area (Å²) in [4.78, 5) is 2.54. The minimum atomic E-state index is 0.373. The van der Waals surface area contributed by atoms with Crippen LogP contribution in [0.5, 0.6) is 0 Å². The number of nitrogens with two attached hydrogens (primary N) is 1. The van der Waals surface area contributed by atoms with E-state index in [-0.39, 0.29) is 0 Å². The molecule has 0 bridgehead atoms. The van der Waals surface area contributed by atoms with E-state index in [9.17, 15) is 0 Å². The monoisotopic (exact) mass is 260 g/mol. The van der Waals surface area contributed by atoms with Crippen LogP contribution in [0.1, 0.15) is 45.6 Å². The van der Waals surface area contributed by atoms with Crippen LogP contribution in [0.2, 0.25) is 0 Å². The zero-order valence-corrected chi connectivity index (χ0v) is 12.8. The van der Waals surface area contributed by atoms with Gasteiger partial charge in [-0.25, -0.2) is 0 Å². The number of anilines is 1. The standard InChI is InChI=1S/C17H28N2/c1-13(2)15-7-5-6-8-16(15)19-10-9-17(3,4)14(11-18)12-19/h5-8,13-14H,9-12,18H2,1-4H3. The first-order valence-corrected chi connectivity index (χ1v) is 7.49. The molecule has 106 valence electrons. The predicted octanol–water partition coefficient (Wildman–Crippen LogP) is 3.62. The van der Waals surface area contributed by atoms with E-state index in [0.717, 1.165) is 19.6 Å². The maximum absolute atomic E-state index is 5.99. The Labute approximate surface area is 118 Å². The van der Waals surface area contributed by atoms with E-state index >= 15 is 0 Å². The van der Waals surface area contributed by atoms with Gasteiger partial charge in [-0.05, 0) is 41.8 Å². The third kappa shape index (κ3) is 2.94. The summed E-state index contributed by atoms with van der Waals surface area (Å²) in [6.07, 6.45) is 1.22. The Bertz CT molecular complexity index is 423. The van der Waals surface area contributed by atoms with Crippen LogP contribution in [0, 0.1) is 11.3 Å². The first-order valence-electron chi connectivity index (χ1n) is 7.49. The molecule has 1 aromatic rings. The molecule has 2 heteroatoms. The van der Waals surface area contributed by atoms with Gasteiger partial charge < -0.3 is 10.6 Å². The van der Waals surface area contributed by atoms with Gasteiger partial charge in [-0.1, -0.05) is 45.9 Å².